The van der Waals surface area contributed by atoms with E-state index in [0.717, 1.165) is 23.1 Å². The Hall–Kier alpha value is -2.90. The van der Waals surface area contributed by atoms with Crippen molar-refractivity contribution in [2.75, 3.05) is 6.54 Å². The van der Waals surface area contributed by atoms with E-state index in [2.05, 4.69) is 10.6 Å². The van der Waals surface area contributed by atoms with Gasteiger partial charge in [-0.25, -0.2) is 0 Å². The Morgan fingerprint density at radius 2 is 1.74 bits per heavy atom. The summed E-state index contributed by atoms with van der Waals surface area (Å²) in [5.41, 5.74) is 4.06. The molecule has 6 nitrogen and oxygen atoms in total. The number of carbonyl (C=O) groups is 1. The van der Waals surface area contributed by atoms with Crippen molar-refractivity contribution in [1.82, 2.24) is 10.6 Å². The van der Waals surface area contributed by atoms with Gasteiger partial charge in [-0.05, 0) is 59.9 Å². The SMILES string of the molecule is C[C@H](Cc1ccc(CC(=O)NCc2cccc(Cl)c2)cc1)NC[C@@H](O)c1ccc(O)c(CO)c1. The highest BCUT2D eigenvalue weighted by molar-refractivity contribution is 6.30. The van der Waals surface area contributed by atoms with Crippen LogP contribution >= 0.6 is 11.6 Å². The van der Waals surface area contributed by atoms with Crippen molar-refractivity contribution in [2.24, 2.45) is 0 Å². The lowest BCUT2D eigenvalue weighted by Crippen LogP contribution is -2.32. The molecule has 0 saturated heterocycles. The van der Waals surface area contributed by atoms with Crippen molar-refractivity contribution in [3.8, 4) is 5.75 Å². The number of hydrogen-bond donors (Lipinski definition) is 5. The Bertz CT molecular complexity index is 1090. The minimum absolute atomic E-state index is 0.0156. The normalized spacial score (nSPS) is 12.8. The molecule has 1 amide bonds. The molecule has 0 bridgehead atoms. The molecule has 3 rings (SSSR count). The second-order valence-electron chi connectivity index (χ2n) is 8.48. The van der Waals surface area contributed by atoms with Gasteiger partial charge in [0.2, 0.25) is 5.91 Å². The highest BCUT2D eigenvalue weighted by Gasteiger charge is 2.12. The van der Waals surface area contributed by atoms with E-state index in [1.807, 2.05) is 49.4 Å². The first-order chi connectivity index (χ1) is 16.3. The van der Waals surface area contributed by atoms with Crippen LogP contribution in [0.15, 0.2) is 66.7 Å². The van der Waals surface area contributed by atoms with Crippen LogP contribution in [-0.4, -0.2) is 33.8 Å². The standard InChI is InChI=1S/C27H31ClN2O4/c1-18(29-16-26(33)22-9-10-25(32)23(14-22)17-31)11-19-5-7-20(8-6-19)13-27(34)30-15-21-3-2-4-24(28)12-21/h2-10,12,14,18,26,29,31-33H,11,13,15-17H2,1H3,(H,30,34)/t18-,26-/m1/s1. The highest BCUT2D eigenvalue weighted by Crippen LogP contribution is 2.22. The van der Waals surface area contributed by atoms with Crippen molar-refractivity contribution >= 4 is 17.5 Å². The summed E-state index contributed by atoms with van der Waals surface area (Å²) < 4.78 is 0. The van der Waals surface area contributed by atoms with Crippen LogP contribution in [0.2, 0.25) is 5.02 Å². The predicted molar refractivity (Wildman–Crippen MR) is 134 cm³/mol. The molecule has 180 valence electrons. The van der Waals surface area contributed by atoms with Gasteiger partial charge in [0.25, 0.3) is 0 Å². The van der Waals surface area contributed by atoms with Gasteiger partial charge in [0, 0.05) is 29.7 Å². The fourth-order valence-electron chi connectivity index (χ4n) is 3.68. The highest BCUT2D eigenvalue weighted by atomic mass is 35.5. The third-order valence-corrected chi connectivity index (χ3v) is 5.86. The minimum atomic E-state index is -0.749. The molecule has 0 unspecified atom stereocenters. The summed E-state index contributed by atoms with van der Waals surface area (Å²) in [5, 5.41) is 36.2. The zero-order valence-electron chi connectivity index (χ0n) is 19.2. The number of phenols is 1. The van der Waals surface area contributed by atoms with Crippen LogP contribution in [0.4, 0.5) is 0 Å². The predicted octanol–water partition coefficient (Wildman–Crippen LogP) is 3.65. The number of amides is 1. The van der Waals surface area contributed by atoms with Crippen molar-refractivity contribution in [2.45, 2.75) is 45.1 Å². The number of hydrogen-bond acceptors (Lipinski definition) is 5. The zero-order valence-corrected chi connectivity index (χ0v) is 19.9. The summed E-state index contributed by atoms with van der Waals surface area (Å²) in [6.45, 7) is 2.55. The number of aliphatic hydroxyl groups excluding tert-OH is 2. The van der Waals surface area contributed by atoms with Gasteiger partial charge in [0.05, 0.1) is 19.1 Å². The minimum Gasteiger partial charge on any atom is -0.508 e. The smallest absolute Gasteiger partial charge is 0.224 e. The lowest BCUT2D eigenvalue weighted by Gasteiger charge is -2.18. The second-order valence-corrected chi connectivity index (χ2v) is 8.91. The Balaban J connectivity index is 1.43. The third kappa shape index (κ3) is 7.85. The van der Waals surface area contributed by atoms with E-state index in [4.69, 9.17) is 11.6 Å². The number of aliphatic hydroxyl groups is 2. The summed E-state index contributed by atoms with van der Waals surface area (Å²) in [6, 6.07) is 20.2. The number of benzene rings is 3. The molecule has 0 aliphatic heterocycles. The first-order valence-electron chi connectivity index (χ1n) is 11.3. The average Bonchev–Trinajstić information content (AvgIpc) is 2.83. The second kappa shape index (κ2) is 12.5. The molecule has 7 heteroatoms. The molecular weight excluding hydrogens is 452 g/mol. The monoisotopic (exact) mass is 482 g/mol. The topological polar surface area (TPSA) is 102 Å². The Labute approximate surface area is 205 Å². The maximum absolute atomic E-state index is 12.3. The van der Waals surface area contributed by atoms with Crippen molar-refractivity contribution < 1.29 is 20.1 Å². The molecule has 0 saturated carbocycles. The molecule has 3 aromatic rings. The first kappa shape index (κ1) is 25.7. The van der Waals surface area contributed by atoms with Crippen LogP contribution in [0, 0.1) is 0 Å². The van der Waals surface area contributed by atoms with E-state index in [1.54, 1.807) is 18.2 Å². The number of halogens is 1. The summed E-state index contributed by atoms with van der Waals surface area (Å²) in [6.07, 6.45) is 0.329. The van der Waals surface area contributed by atoms with Gasteiger partial charge in [-0.3, -0.25) is 4.79 Å². The van der Waals surface area contributed by atoms with E-state index in [0.29, 0.717) is 35.7 Å². The maximum atomic E-state index is 12.3. The van der Waals surface area contributed by atoms with E-state index < -0.39 is 6.10 Å². The molecule has 5 N–H and O–H groups in total. The number of rotatable bonds is 11. The number of nitrogens with one attached hydrogen (secondary N) is 2. The third-order valence-electron chi connectivity index (χ3n) is 5.63. The molecule has 0 radical (unpaired) electrons. The van der Waals surface area contributed by atoms with E-state index in [9.17, 15) is 20.1 Å². The van der Waals surface area contributed by atoms with E-state index in [1.165, 1.54) is 6.07 Å². The molecule has 34 heavy (non-hydrogen) atoms. The molecule has 3 aromatic carbocycles. The lowest BCUT2D eigenvalue weighted by atomic mass is 10.0. The quantitative estimate of drug-likeness (QED) is 0.287. The van der Waals surface area contributed by atoms with Gasteiger partial charge in [0.1, 0.15) is 5.75 Å². The van der Waals surface area contributed by atoms with Gasteiger partial charge in [-0.15, -0.1) is 0 Å². The van der Waals surface area contributed by atoms with Crippen LogP contribution in [0.25, 0.3) is 0 Å². The van der Waals surface area contributed by atoms with E-state index in [-0.39, 0.29) is 24.3 Å². The van der Waals surface area contributed by atoms with Crippen LogP contribution < -0.4 is 10.6 Å². The van der Waals surface area contributed by atoms with Crippen LogP contribution in [0.3, 0.4) is 0 Å². The summed E-state index contributed by atoms with van der Waals surface area (Å²) >= 11 is 5.97. The Kier molecular flexibility index (Phi) is 9.48. The lowest BCUT2D eigenvalue weighted by molar-refractivity contribution is -0.120. The average molecular weight is 483 g/mol. The van der Waals surface area contributed by atoms with Gasteiger partial charge in [-0.1, -0.05) is 54.1 Å². The maximum Gasteiger partial charge on any atom is 0.224 e. The van der Waals surface area contributed by atoms with Crippen molar-refractivity contribution in [3.63, 3.8) is 0 Å². The zero-order chi connectivity index (χ0) is 24.5. The van der Waals surface area contributed by atoms with Gasteiger partial charge >= 0.3 is 0 Å². The molecule has 0 aliphatic rings. The molecule has 0 aromatic heterocycles. The van der Waals surface area contributed by atoms with Crippen LogP contribution in [0.5, 0.6) is 5.75 Å². The van der Waals surface area contributed by atoms with Crippen LogP contribution in [-0.2, 0) is 30.8 Å². The first-order valence-corrected chi connectivity index (χ1v) is 11.6. The van der Waals surface area contributed by atoms with Gasteiger partial charge in [0.15, 0.2) is 0 Å². The largest absolute Gasteiger partial charge is 0.508 e. The van der Waals surface area contributed by atoms with Crippen molar-refractivity contribution in [3.05, 3.63) is 99.6 Å². The molecule has 0 fully saturated rings. The summed E-state index contributed by atoms with van der Waals surface area (Å²) in [7, 11) is 0. The number of carbonyl (C=O) groups excluding carboxylic acids is 1. The molecule has 0 spiro atoms. The van der Waals surface area contributed by atoms with E-state index >= 15 is 0 Å². The summed E-state index contributed by atoms with van der Waals surface area (Å²) in [4.78, 5) is 12.3. The molecular formula is C27H31ClN2O4. The van der Waals surface area contributed by atoms with Crippen LogP contribution in [0.1, 0.15) is 40.8 Å². The summed E-state index contributed by atoms with van der Waals surface area (Å²) in [5.74, 6) is -0.0304. The molecule has 2 atom stereocenters. The molecule has 0 heterocycles. The van der Waals surface area contributed by atoms with Gasteiger partial charge in [-0.2, -0.15) is 0 Å². The fourth-order valence-corrected chi connectivity index (χ4v) is 3.90. The Morgan fingerprint density at radius 3 is 2.44 bits per heavy atom. The number of aromatic hydroxyl groups is 1. The van der Waals surface area contributed by atoms with Gasteiger partial charge < -0.3 is 26.0 Å². The Morgan fingerprint density at radius 1 is 1.00 bits per heavy atom. The molecule has 0 aliphatic carbocycles. The fraction of sp³-hybridized carbons (Fsp3) is 0.296. The van der Waals surface area contributed by atoms with Crippen molar-refractivity contribution in [1.29, 1.82) is 0 Å².